The molecule has 19 heavy (non-hydrogen) atoms. The van der Waals surface area contributed by atoms with Crippen LogP contribution in [0.15, 0.2) is 17.7 Å². The summed E-state index contributed by atoms with van der Waals surface area (Å²) in [5.41, 5.74) is 7.42. The van der Waals surface area contributed by atoms with Gasteiger partial charge in [-0.2, -0.15) is 12.0 Å². The van der Waals surface area contributed by atoms with Gasteiger partial charge in [-0.05, 0) is 6.58 Å². The molecular formula is C10H17BrN2O5Pt-3. The molecule has 0 aromatic rings. The fourth-order valence-corrected chi connectivity index (χ4v) is 1.21. The molecule has 1 saturated carbocycles. The van der Waals surface area contributed by atoms with Crippen molar-refractivity contribution < 1.29 is 32.8 Å². The molecule has 1 rings (SSSR count). The van der Waals surface area contributed by atoms with Crippen LogP contribution in [-0.2, 0) is 22.6 Å². The normalized spacial score (nSPS) is 20.1. The van der Waals surface area contributed by atoms with E-state index >= 15 is 0 Å². The summed E-state index contributed by atoms with van der Waals surface area (Å²) in [6, 6.07) is 0.142. The average molecular weight is 520 g/mol. The van der Waals surface area contributed by atoms with Gasteiger partial charge in [0.05, 0.1) is 0 Å². The second-order valence-electron chi connectivity index (χ2n) is 3.48. The summed E-state index contributed by atoms with van der Waals surface area (Å²) < 4.78 is 0. The smallest absolute Gasteiger partial charge is 0.0549 e. The minimum atomic E-state index is -1.38. The summed E-state index contributed by atoms with van der Waals surface area (Å²) in [4.78, 5) is 17.3. The van der Waals surface area contributed by atoms with Crippen molar-refractivity contribution in [3.05, 3.63) is 35.1 Å². The molecule has 0 aromatic carbocycles. The van der Waals surface area contributed by atoms with E-state index in [1.807, 2.05) is 17.8 Å². The van der Waals surface area contributed by atoms with Gasteiger partial charge in [0.2, 0.25) is 0 Å². The largest absolute Gasteiger partial charge is 0.677 e. The van der Waals surface area contributed by atoms with E-state index in [9.17, 15) is 4.79 Å². The number of carbonyl (C=O) groups is 1. The van der Waals surface area contributed by atoms with Crippen molar-refractivity contribution in [3.8, 4) is 0 Å². The van der Waals surface area contributed by atoms with E-state index < -0.39 is 11.7 Å². The number of rotatable bonds is 1. The SMILES string of the molecule is C=C(O)C(=O)O.O=N[O-].[Br][Pt].[CH2-]C1CCCCC1[NH-]. The molecule has 1 aliphatic rings. The molecule has 0 saturated heterocycles. The van der Waals surface area contributed by atoms with Crippen molar-refractivity contribution in [1.82, 2.24) is 0 Å². The van der Waals surface area contributed by atoms with Crippen LogP contribution in [0, 0.1) is 23.0 Å². The summed E-state index contributed by atoms with van der Waals surface area (Å²) in [5, 5.41) is 24.5. The van der Waals surface area contributed by atoms with Crippen LogP contribution in [0.3, 0.4) is 0 Å². The first-order valence-electron chi connectivity index (χ1n) is 5.09. The van der Waals surface area contributed by atoms with E-state index in [0.717, 1.165) is 11.8 Å². The maximum atomic E-state index is 9.35. The van der Waals surface area contributed by atoms with Crippen LogP contribution in [0.2, 0.25) is 0 Å². The zero-order valence-corrected chi connectivity index (χ0v) is 14.0. The molecule has 0 aromatic heterocycles. The maximum Gasteiger partial charge on any atom is -0.0549 e. The van der Waals surface area contributed by atoms with Crippen LogP contribution in [0.25, 0.3) is 5.73 Å². The number of halogens is 1. The Labute approximate surface area is 130 Å². The Bertz CT molecular complexity index is 234. The van der Waals surface area contributed by atoms with Gasteiger partial charge in [-0.25, -0.2) is 4.79 Å². The molecule has 9 heteroatoms. The average Bonchev–Trinajstić information content (AvgIpc) is 2.37. The molecule has 0 radical (unpaired) electrons. The van der Waals surface area contributed by atoms with E-state index in [0.29, 0.717) is 5.92 Å². The summed E-state index contributed by atoms with van der Waals surface area (Å²) in [5.74, 6) is -1.78. The minimum absolute atomic E-state index is 0.142. The zero-order chi connectivity index (χ0) is 15.8. The molecule has 0 heterocycles. The van der Waals surface area contributed by atoms with Crippen LogP contribution in [0.5, 0.6) is 0 Å². The van der Waals surface area contributed by atoms with E-state index in [1.165, 1.54) is 19.3 Å². The first-order chi connectivity index (χ1) is 8.86. The standard InChI is InChI=1S/C7H13N.C3H4O3.BrH.HNO2.Pt/c1-6-4-2-3-5-7(6)8;1-2(4)3(5)6;;2-1-3;/h6-8H,1-5H2;4H,1H2,(H,5,6);1H;(H,2,3);/q-2;;;;+1/p-2. The molecule has 0 bridgehead atoms. The Hall–Kier alpha value is -0.462. The second-order valence-corrected chi connectivity index (χ2v) is 3.48. The summed E-state index contributed by atoms with van der Waals surface area (Å²) in [6.45, 7) is 6.60. The van der Waals surface area contributed by atoms with Crippen molar-refractivity contribution in [2.45, 2.75) is 31.7 Å². The Kier molecular flexibility index (Phi) is 21.8. The number of aliphatic hydroxyl groups excluding tert-OH is 1. The Morgan fingerprint density at radius 3 is 1.89 bits per heavy atom. The molecule has 0 spiro atoms. The molecule has 3 N–H and O–H groups in total. The zero-order valence-electron chi connectivity index (χ0n) is 10.2. The van der Waals surface area contributed by atoms with Gasteiger partial charge < -0.3 is 33.0 Å². The van der Waals surface area contributed by atoms with Crippen molar-refractivity contribution >= 4 is 19.3 Å². The third-order valence-corrected chi connectivity index (χ3v) is 2.16. The first kappa shape index (κ1) is 23.6. The first-order valence-corrected chi connectivity index (χ1v) is 10.1. The quantitative estimate of drug-likeness (QED) is 0.179. The van der Waals surface area contributed by atoms with Gasteiger partial charge in [-0.1, -0.05) is 25.7 Å². The molecule has 7 nitrogen and oxygen atoms in total. The molecule has 0 amide bonds. The van der Waals surface area contributed by atoms with Gasteiger partial charge in [-0.3, -0.25) is 0 Å². The molecule has 1 fully saturated rings. The van der Waals surface area contributed by atoms with Crippen LogP contribution < -0.4 is 0 Å². The number of hydrogen-bond acceptors (Lipinski definition) is 5. The summed E-state index contributed by atoms with van der Waals surface area (Å²) in [6.07, 6.45) is 4.80. The van der Waals surface area contributed by atoms with Gasteiger partial charge in [0.15, 0.2) is 5.76 Å². The van der Waals surface area contributed by atoms with Crippen molar-refractivity contribution in [3.63, 3.8) is 0 Å². The maximum absolute atomic E-state index is 9.35. The predicted octanol–water partition coefficient (Wildman–Crippen LogP) is 3.67. The molecule has 117 valence electrons. The Balaban J connectivity index is -0.000000207. The van der Waals surface area contributed by atoms with E-state index in [1.54, 1.807) is 0 Å². The minimum Gasteiger partial charge on any atom is -0.677 e. The summed E-state index contributed by atoms with van der Waals surface area (Å²) >= 11 is 4.86. The number of nitrogens with one attached hydrogen (secondary N) is 1. The number of carboxylic acids is 1. The van der Waals surface area contributed by atoms with Crippen LogP contribution in [0.1, 0.15) is 25.7 Å². The third kappa shape index (κ3) is 20.0. The van der Waals surface area contributed by atoms with Crippen LogP contribution in [0.4, 0.5) is 0 Å². The van der Waals surface area contributed by atoms with Gasteiger partial charge in [0, 0.05) is 0 Å². The van der Waals surface area contributed by atoms with E-state index in [2.05, 4.69) is 26.8 Å². The van der Waals surface area contributed by atoms with Crippen molar-refractivity contribution in [1.29, 1.82) is 0 Å². The number of nitrogens with zero attached hydrogens (tertiary/aromatic N) is 1. The number of aliphatic carboxylic acids is 1. The molecule has 2 atom stereocenters. The second kappa shape index (κ2) is 17.5. The van der Waals surface area contributed by atoms with Gasteiger partial charge in [-0.15, -0.1) is 5.34 Å². The predicted molar refractivity (Wildman–Crippen MR) is 72.9 cm³/mol. The van der Waals surface area contributed by atoms with Crippen molar-refractivity contribution in [2.75, 3.05) is 0 Å². The van der Waals surface area contributed by atoms with E-state index in [4.69, 9.17) is 26.1 Å². The van der Waals surface area contributed by atoms with Crippen LogP contribution >= 0.6 is 13.3 Å². The molecule has 1 aliphatic carbocycles. The fraction of sp³-hybridized carbons (Fsp3) is 0.600. The van der Waals surface area contributed by atoms with Gasteiger partial charge >= 0.3 is 37.0 Å². The van der Waals surface area contributed by atoms with Crippen molar-refractivity contribution in [2.24, 2.45) is 11.3 Å². The van der Waals surface area contributed by atoms with E-state index in [-0.39, 0.29) is 6.04 Å². The van der Waals surface area contributed by atoms with Gasteiger partial charge in [0.1, 0.15) is 0 Å². The summed E-state index contributed by atoms with van der Waals surface area (Å²) in [7, 11) is 0. The van der Waals surface area contributed by atoms with Gasteiger partial charge in [0.25, 0.3) is 0 Å². The monoisotopic (exact) mass is 519 g/mol. The fourth-order valence-electron chi connectivity index (χ4n) is 1.21. The third-order valence-electron chi connectivity index (χ3n) is 2.16. The number of hydrogen-bond donors (Lipinski definition) is 2. The molecule has 0 aliphatic heterocycles. The Morgan fingerprint density at radius 1 is 1.42 bits per heavy atom. The Morgan fingerprint density at radius 2 is 1.74 bits per heavy atom. The number of aliphatic hydroxyl groups is 1. The van der Waals surface area contributed by atoms with Crippen LogP contribution in [-0.4, -0.2) is 22.2 Å². The molecular weight excluding hydrogens is 503 g/mol. The molecule has 2 unspecified atom stereocenters. The number of carboxylic acid groups (broad SMARTS) is 1. The topological polar surface area (TPSA) is 134 Å².